The van der Waals surface area contributed by atoms with Gasteiger partial charge in [-0.25, -0.2) is 9.78 Å². The van der Waals surface area contributed by atoms with Crippen molar-refractivity contribution in [2.75, 3.05) is 0 Å². The molecule has 2 heterocycles. The maximum Gasteiger partial charge on any atom is 0.405 e. The molecular formula is C24H26N4O2. The Kier molecular flexibility index (Phi) is 5.08. The number of amides is 1. The highest BCUT2D eigenvalue weighted by Gasteiger charge is 2.38. The molecule has 0 saturated carbocycles. The monoisotopic (exact) mass is 402 g/mol. The predicted molar refractivity (Wildman–Crippen MR) is 118 cm³/mol. The van der Waals surface area contributed by atoms with Crippen molar-refractivity contribution < 1.29 is 9.90 Å². The Bertz CT molecular complexity index is 1150. The topological polar surface area (TPSA) is 93.8 Å². The second-order valence-electron chi connectivity index (χ2n) is 8.60. The zero-order chi connectivity index (χ0) is 21.3. The molecule has 0 fully saturated rings. The van der Waals surface area contributed by atoms with Gasteiger partial charge in [0.25, 0.3) is 0 Å². The van der Waals surface area contributed by atoms with Gasteiger partial charge in [0.1, 0.15) is 5.82 Å². The molecule has 30 heavy (non-hydrogen) atoms. The van der Waals surface area contributed by atoms with E-state index in [9.17, 15) is 9.90 Å². The predicted octanol–water partition coefficient (Wildman–Crippen LogP) is 5.70. The fourth-order valence-electron chi connectivity index (χ4n) is 4.19. The highest BCUT2D eigenvalue weighted by molar-refractivity contribution is 5.84. The van der Waals surface area contributed by atoms with Crippen molar-refractivity contribution in [3.8, 4) is 11.3 Å². The third-order valence-corrected chi connectivity index (χ3v) is 5.46. The maximum absolute atomic E-state index is 11.8. The quantitative estimate of drug-likeness (QED) is 0.345. The number of hydrogen-bond donors (Lipinski definition) is 4. The number of carbonyl (C=O) groups is 1. The number of benzene rings is 2. The second-order valence-corrected chi connectivity index (χ2v) is 8.60. The molecule has 2 aromatic heterocycles. The first-order chi connectivity index (χ1) is 14.3. The summed E-state index contributed by atoms with van der Waals surface area (Å²) in [6.07, 6.45) is 2.74. The summed E-state index contributed by atoms with van der Waals surface area (Å²) in [6.45, 7) is 6.37. The van der Waals surface area contributed by atoms with E-state index in [1.807, 2.05) is 60.9 Å². The van der Waals surface area contributed by atoms with Crippen LogP contribution in [0.5, 0.6) is 0 Å². The van der Waals surface area contributed by atoms with Crippen LogP contribution in [0.1, 0.15) is 44.1 Å². The maximum atomic E-state index is 11.8. The van der Waals surface area contributed by atoms with Crippen LogP contribution in [-0.4, -0.2) is 26.2 Å². The molecule has 0 spiro atoms. The van der Waals surface area contributed by atoms with Crippen LogP contribution in [0, 0.1) is 5.41 Å². The molecule has 2 aromatic carbocycles. The Morgan fingerprint density at radius 2 is 1.70 bits per heavy atom. The number of hydrogen-bond acceptors (Lipinski definition) is 2. The molecule has 4 rings (SSSR count). The van der Waals surface area contributed by atoms with Gasteiger partial charge < -0.3 is 20.4 Å². The minimum Gasteiger partial charge on any atom is -0.465 e. The van der Waals surface area contributed by atoms with Gasteiger partial charge in [-0.05, 0) is 17.0 Å². The minimum absolute atomic E-state index is 0.153. The summed E-state index contributed by atoms with van der Waals surface area (Å²) in [5.41, 5.74) is 3.62. The first-order valence-electron chi connectivity index (χ1n) is 10.0. The van der Waals surface area contributed by atoms with E-state index >= 15 is 0 Å². The molecule has 0 saturated heterocycles. The lowest BCUT2D eigenvalue weighted by Gasteiger charge is -2.36. The molecule has 6 heteroatoms. The third kappa shape index (κ3) is 3.81. The summed E-state index contributed by atoms with van der Waals surface area (Å²) in [6, 6.07) is 17.4. The Morgan fingerprint density at radius 3 is 2.40 bits per heavy atom. The van der Waals surface area contributed by atoms with E-state index in [4.69, 9.17) is 4.98 Å². The van der Waals surface area contributed by atoms with Crippen LogP contribution in [0.3, 0.4) is 0 Å². The Balaban J connectivity index is 1.83. The standard InChI is InChI=1S/C24H26N4O2/c1-24(2,3)20(17-13-25-18-12-8-7-11-16(17)18)21(28-23(29)30)22-26-14-19(27-22)15-9-5-4-6-10-15/h4-14,20-21,25,28H,1-3H3,(H,26,27)(H,29,30)/t20?,21-/m1/s1. The number of imidazole rings is 1. The smallest absolute Gasteiger partial charge is 0.405 e. The van der Waals surface area contributed by atoms with Crippen molar-refractivity contribution in [2.24, 2.45) is 5.41 Å². The van der Waals surface area contributed by atoms with E-state index < -0.39 is 12.1 Å². The number of H-pyrrole nitrogens is 2. The van der Waals surface area contributed by atoms with Crippen molar-refractivity contribution in [2.45, 2.75) is 32.7 Å². The first-order valence-corrected chi connectivity index (χ1v) is 10.0. The number of aromatic nitrogens is 3. The molecule has 0 aliphatic carbocycles. The SMILES string of the molecule is CC(C)(C)C(c1c[nH]c2ccccc12)[C@@H](NC(=O)O)c1nc(-c2ccccc2)c[nH]1. The van der Waals surface area contributed by atoms with Gasteiger partial charge in [0.2, 0.25) is 0 Å². The number of fused-ring (bicyclic) bond motifs is 1. The van der Waals surface area contributed by atoms with Gasteiger partial charge in [-0.2, -0.15) is 0 Å². The minimum atomic E-state index is -1.08. The fraction of sp³-hybridized carbons (Fsp3) is 0.250. The van der Waals surface area contributed by atoms with Crippen LogP contribution in [-0.2, 0) is 0 Å². The molecule has 154 valence electrons. The zero-order valence-electron chi connectivity index (χ0n) is 17.3. The Morgan fingerprint density at radius 1 is 1.00 bits per heavy atom. The van der Waals surface area contributed by atoms with Crippen LogP contribution in [0.25, 0.3) is 22.2 Å². The number of aromatic amines is 2. The van der Waals surface area contributed by atoms with Crippen LogP contribution in [0.15, 0.2) is 67.0 Å². The van der Waals surface area contributed by atoms with Gasteiger partial charge in [0, 0.05) is 34.8 Å². The van der Waals surface area contributed by atoms with E-state index in [-0.39, 0.29) is 11.3 Å². The Labute approximate surface area is 175 Å². The van der Waals surface area contributed by atoms with Crippen LogP contribution >= 0.6 is 0 Å². The number of para-hydroxylation sites is 1. The molecule has 0 aliphatic rings. The number of nitrogens with zero attached hydrogens (tertiary/aromatic N) is 1. The van der Waals surface area contributed by atoms with Crippen molar-refractivity contribution in [1.82, 2.24) is 20.3 Å². The normalized spacial score (nSPS) is 13.8. The fourth-order valence-corrected chi connectivity index (χ4v) is 4.19. The summed E-state index contributed by atoms with van der Waals surface area (Å²) >= 11 is 0. The largest absolute Gasteiger partial charge is 0.465 e. The summed E-state index contributed by atoms with van der Waals surface area (Å²) in [5.74, 6) is 0.445. The molecular weight excluding hydrogens is 376 g/mol. The third-order valence-electron chi connectivity index (χ3n) is 5.46. The van der Waals surface area contributed by atoms with Crippen molar-refractivity contribution in [3.63, 3.8) is 0 Å². The van der Waals surface area contributed by atoms with Crippen LogP contribution in [0.4, 0.5) is 4.79 Å². The number of carboxylic acid groups (broad SMARTS) is 1. The molecule has 0 radical (unpaired) electrons. The average molecular weight is 402 g/mol. The highest BCUT2D eigenvalue weighted by Crippen LogP contribution is 2.46. The van der Waals surface area contributed by atoms with Crippen molar-refractivity contribution in [3.05, 3.63) is 78.4 Å². The number of rotatable bonds is 5. The molecule has 6 nitrogen and oxygen atoms in total. The van der Waals surface area contributed by atoms with Gasteiger partial charge in [-0.15, -0.1) is 0 Å². The lowest BCUT2D eigenvalue weighted by Crippen LogP contribution is -2.37. The lowest BCUT2D eigenvalue weighted by molar-refractivity contribution is 0.177. The first kappa shape index (κ1) is 19.8. The van der Waals surface area contributed by atoms with Crippen molar-refractivity contribution in [1.29, 1.82) is 0 Å². The van der Waals surface area contributed by atoms with Crippen LogP contribution < -0.4 is 5.32 Å². The van der Waals surface area contributed by atoms with Gasteiger partial charge in [0.15, 0.2) is 0 Å². The van der Waals surface area contributed by atoms with E-state index in [2.05, 4.69) is 42.1 Å². The molecule has 1 unspecified atom stereocenters. The lowest BCUT2D eigenvalue weighted by atomic mass is 9.72. The molecule has 1 amide bonds. The van der Waals surface area contributed by atoms with Crippen molar-refractivity contribution >= 4 is 17.0 Å². The van der Waals surface area contributed by atoms with Crippen LogP contribution in [0.2, 0.25) is 0 Å². The summed E-state index contributed by atoms with van der Waals surface area (Å²) in [7, 11) is 0. The van der Waals surface area contributed by atoms with Gasteiger partial charge in [0.05, 0.1) is 11.7 Å². The van der Waals surface area contributed by atoms with E-state index in [0.29, 0.717) is 5.82 Å². The van der Waals surface area contributed by atoms with E-state index in [1.165, 1.54) is 0 Å². The molecule has 4 N–H and O–H groups in total. The summed E-state index contributed by atoms with van der Waals surface area (Å²) in [5, 5.41) is 13.5. The average Bonchev–Trinajstić information content (AvgIpc) is 3.35. The molecule has 2 atom stereocenters. The molecule has 0 bridgehead atoms. The highest BCUT2D eigenvalue weighted by atomic mass is 16.4. The molecule has 0 aliphatic heterocycles. The van der Waals surface area contributed by atoms with Gasteiger partial charge in [-0.1, -0.05) is 69.3 Å². The van der Waals surface area contributed by atoms with Gasteiger partial charge in [-0.3, -0.25) is 0 Å². The number of nitrogens with one attached hydrogen (secondary N) is 3. The second kappa shape index (κ2) is 7.71. The summed E-state index contributed by atoms with van der Waals surface area (Å²) in [4.78, 5) is 23.1. The van der Waals surface area contributed by atoms with Gasteiger partial charge >= 0.3 is 6.09 Å². The van der Waals surface area contributed by atoms with E-state index in [0.717, 1.165) is 27.7 Å². The summed E-state index contributed by atoms with van der Waals surface area (Å²) < 4.78 is 0. The Hall–Kier alpha value is -3.54. The molecule has 4 aromatic rings. The zero-order valence-corrected chi connectivity index (χ0v) is 17.3. The van der Waals surface area contributed by atoms with E-state index in [1.54, 1.807) is 0 Å².